The highest BCUT2D eigenvalue weighted by molar-refractivity contribution is 6.30. The maximum absolute atomic E-state index is 12.6. The van der Waals surface area contributed by atoms with Crippen molar-refractivity contribution < 1.29 is 32.5 Å². The van der Waals surface area contributed by atoms with Gasteiger partial charge in [-0.15, -0.1) is 0 Å². The molecule has 0 aromatic heterocycles. The van der Waals surface area contributed by atoms with Gasteiger partial charge in [0.25, 0.3) is 0 Å². The molecular weight excluding hydrogens is 433 g/mol. The number of hydrogen-bond donors (Lipinski definition) is 1. The van der Waals surface area contributed by atoms with Crippen LogP contribution in [0.2, 0.25) is 5.02 Å². The van der Waals surface area contributed by atoms with Crippen molar-refractivity contribution in [2.75, 3.05) is 6.61 Å². The molecule has 0 amide bonds. The Morgan fingerprint density at radius 1 is 1.00 bits per heavy atom. The fourth-order valence-corrected chi connectivity index (χ4v) is 2.66. The second-order valence-corrected chi connectivity index (χ2v) is 6.63. The van der Waals surface area contributed by atoms with Gasteiger partial charge in [0.1, 0.15) is 12.4 Å². The molecule has 0 spiro atoms. The Kier molecular flexibility index (Phi) is 6.73. The molecular formula is C23H14ClF3O4. The van der Waals surface area contributed by atoms with Crippen molar-refractivity contribution >= 4 is 17.6 Å². The van der Waals surface area contributed by atoms with Crippen LogP contribution in [0.3, 0.4) is 0 Å². The van der Waals surface area contributed by atoms with Gasteiger partial charge in [0.15, 0.2) is 11.5 Å². The molecule has 0 aliphatic rings. The van der Waals surface area contributed by atoms with Gasteiger partial charge in [0.05, 0.1) is 11.1 Å². The Balaban J connectivity index is 1.70. The molecule has 0 bridgehead atoms. The number of halogens is 4. The van der Waals surface area contributed by atoms with Crippen molar-refractivity contribution in [2.24, 2.45) is 0 Å². The fraction of sp³-hybridized carbons (Fsp3) is 0.0870. The molecule has 0 saturated heterocycles. The second kappa shape index (κ2) is 9.45. The third-order valence-electron chi connectivity index (χ3n) is 3.96. The molecule has 3 aromatic rings. The van der Waals surface area contributed by atoms with Crippen LogP contribution >= 0.6 is 11.6 Å². The van der Waals surface area contributed by atoms with E-state index in [4.69, 9.17) is 26.2 Å². The zero-order chi connectivity index (χ0) is 22.4. The van der Waals surface area contributed by atoms with Crippen LogP contribution in [0.15, 0.2) is 66.7 Å². The van der Waals surface area contributed by atoms with Crippen LogP contribution in [0.1, 0.15) is 21.5 Å². The van der Waals surface area contributed by atoms with Crippen molar-refractivity contribution in [1.82, 2.24) is 0 Å². The van der Waals surface area contributed by atoms with Crippen molar-refractivity contribution in [3.63, 3.8) is 0 Å². The van der Waals surface area contributed by atoms with E-state index in [9.17, 15) is 18.0 Å². The first-order valence-corrected chi connectivity index (χ1v) is 9.20. The minimum absolute atomic E-state index is 0.0596. The average Bonchev–Trinajstić information content (AvgIpc) is 2.72. The standard InChI is InChI=1S/C23H14ClF3O4/c24-18-10-11-20(21(14-18)31-19-5-1-4-16(13-19)22(28)29)30-12-2-3-15-6-8-17(9-7-15)23(25,26)27/h1,4-11,13-14H,12H2,(H,28,29). The molecule has 0 heterocycles. The molecule has 0 unspecified atom stereocenters. The summed E-state index contributed by atoms with van der Waals surface area (Å²) in [6.45, 7) is -0.0613. The first-order valence-electron chi connectivity index (χ1n) is 8.82. The molecule has 0 aliphatic carbocycles. The number of rotatable bonds is 5. The van der Waals surface area contributed by atoms with Crippen molar-refractivity contribution in [1.29, 1.82) is 0 Å². The highest BCUT2D eigenvalue weighted by Crippen LogP contribution is 2.34. The Morgan fingerprint density at radius 3 is 2.42 bits per heavy atom. The summed E-state index contributed by atoms with van der Waals surface area (Å²) in [5.74, 6) is 5.19. The zero-order valence-corrected chi connectivity index (χ0v) is 16.5. The van der Waals surface area contributed by atoms with Gasteiger partial charge < -0.3 is 14.6 Å². The van der Waals surface area contributed by atoms with E-state index in [0.717, 1.165) is 12.1 Å². The summed E-state index contributed by atoms with van der Waals surface area (Å²) in [6.07, 6.45) is -4.40. The minimum Gasteiger partial charge on any atom is -0.478 e. The smallest absolute Gasteiger partial charge is 0.416 e. The Hall–Kier alpha value is -3.63. The summed E-state index contributed by atoms with van der Waals surface area (Å²) in [6, 6.07) is 15.1. The maximum atomic E-state index is 12.6. The molecule has 8 heteroatoms. The quantitative estimate of drug-likeness (QED) is 0.469. The Labute approximate surface area is 180 Å². The summed E-state index contributed by atoms with van der Waals surface area (Å²) in [4.78, 5) is 11.1. The van der Waals surface area contributed by atoms with Gasteiger partial charge in [0.2, 0.25) is 0 Å². The lowest BCUT2D eigenvalue weighted by Gasteiger charge is -2.12. The molecule has 0 aliphatic heterocycles. The van der Waals surface area contributed by atoms with Crippen molar-refractivity contribution in [3.8, 4) is 29.1 Å². The molecule has 0 saturated carbocycles. The highest BCUT2D eigenvalue weighted by atomic mass is 35.5. The zero-order valence-electron chi connectivity index (χ0n) is 15.7. The average molecular weight is 447 g/mol. The van der Waals surface area contributed by atoms with E-state index in [2.05, 4.69) is 11.8 Å². The van der Waals surface area contributed by atoms with Gasteiger partial charge >= 0.3 is 12.1 Å². The predicted molar refractivity (Wildman–Crippen MR) is 109 cm³/mol. The van der Waals surface area contributed by atoms with Crippen LogP contribution in [0.4, 0.5) is 13.2 Å². The lowest BCUT2D eigenvalue weighted by Crippen LogP contribution is -2.04. The van der Waals surface area contributed by atoms with Crippen LogP contribution < -0.4 is 9.47 Å². The number of aromatic carboxylic acids is 1. The number of alkyl halides is 3. The van der Waals surface area contributed by atoms with Gasteiger partial charge in [0, 0.05) is 16.7 Å². The van der Waals surface area contributed by atoms with Crippen LogP contribution in [-0.4, -0.2) is 17.7 Å². The van der Waals surface area contributed by atoms with E-state index >= 15 is 0 Å². The third-order valence-corrected chi connectivity index (χ3v) is 4.19. The predicted octanol–water partition coefficient (Wildman–Crippen LogP) is 6.28. The molecule has 1 N–H and O–H groups in total. The number of hydrogen-bond acceptors (Lipinski definition) is 3. The lowest BCUT2D eigenvalue weighted by atomic mass is 10.1. The number of carboxylic acid groups (broad SMARTS) is 1. The normalized spacial score (nSPS) is 10.7. The number of benzene rings is 3. The summed E-state index contributed by atoms with van der Waals surface area (Å²) in [7, 11) is 0. The second-order valence-electron chi connectivity index (χ2n) is 6.19. The largest absolute Gasteiger partial charge is 0.478 e. The first-order chi connectivity index (χ1) is 14.7. The SMILES string of the molecule is O=C(O)c1cccc(Oc2cc(Cl)ccc2OCC#Cc2ccc(C(F)(F)F)cc2)c1. The van der Waals surface area contributed by atoms with E-state index in [-0.39, 0.29) is 23.7 Å². The molecule has 4 nitrogen and oxygen atoms in total. The number of ether oxygens (including phenoxy) is 2. The van der Waals surface area contributed by atoms with Gasteiger partial charge in [-0.25, -0.2) is 4.79 Å². The molecule has 0 atom stereocenters. The molecule has 3 rings (SSSR count). The van der Waals surface area contributed by atoms with Gasteiger partial charge in [-0.2, -0.15) is 13.2 Å². The van der Waals surface area contributed by atoms with E-state index < -0.39 is 17.7 Å². The topological polar surface area (TPSA) is 55.8 Å². The molecule has 0 fully saturated rings. The molecule has 158 valence electrons. The minimum atomic E-state index is -4.40. The Morgan fingerprint density at radius 2 is 1.74 bits per heavy atom. The summed E-state index contributed by atoms with van der Waals surface area (Å²) in [5, 5.41) is 9.48. The van der Waals surface area contributed by atoms with E-state index in [0.29, 0.717) is 16.3 Å². The summed E-state index contributed by atoms with van der Waals surface area (Å²) in [5.41, 5.74) is -0.275. The maximum Gasteiger partial charge on any atom is 0.416 e. The van der Waals surface area contributed by atoms with Crippen LogP contribution in [-0.2, 0) is 6.18 Å². The van der Waals surface area contributed by atoms with Crippen LogP contribution in [0.5, 0.6) is 17.2 Å². The van der Waals surface area contributed by atoms with Gasteiger partial charge in [-0.05, 0) is 54.6 Å². The highest BCUT2D eigenvalue weighted by Gasteiger charge is 2.29. The van der Waals surface area contributed by atoms with Gasteiger partial charge in [-0.1, -0.05) is 29.5 Å². The lowest BCUT2D eigenvalue weighted by molar-refractivity contribution is -0.137. The van der Waals surface area contributed by atoms with Gasteiger partial charge in [-0.3, -0.25) is 0 Å². The first kappa shape index (κ1) is 22.1. The van der Waals surface area contributed by atoms with E-state index in [1.807, 2.05) is 0 Å². The van der Waals surface area contributed by atoms with Crippen LogP contribution in [0.25, 0.3) is 0 Å². The van der Waals surface area contributed by atoms with Crippen molar-refractivity contribution in [3.05, 3.63) is 88.4 Å². The summed E-state index contributed by atoms with van der Waals surface area (Å²) >= 11 is 6.01. The van der Waals surface area contributed by atoms with Crippen molar-refractivity contribution in [2.45, 2.75) is 6.18 Å². The number of carbonyl (C=O) groups is 1. The van der Waals surface area contributed by atoms with Crippen LogP contribution in [0, 0.1) is 11.8 Å². The number of carboxylic acids is 1. The van der Waals surface area contributed by atoms with E-state index in [1.165, 1.54) is 30.3 Å². The fourth-order valence-electron chi connectivity index (χ4n) is 2.50. The van der Waals surface area contributed by atoms with E-state index in [1.54, 1.807) is 24.3 Å². The molecule has 3 aromatic carbocycles. The Bertz CT molecular complexity index is 1150. The molecule has 31 heavy (non-hydrogen) atoms. The third kappa shape index (κ3) is 6.17. The molecule has 0 radical (unpaired) electrons. The summed E-state index contributed by atoms with van der Waals surface area (Å²) < 4.78 is 49.1. The monoisotopic (exact) mass is 446 g/mol.